The molecule has 19 heavy (non-hydrogen) atoms. The number of hydrogen-bond acceptors (Lipinski definition) is 3. The Hall–Kier alpha value is -1.85. The van der Waals surface area contributed by atoms with Crippen LogP contribution in [0.1, 0.15) is 19.3 Å². The van der Waals surface area contributed by atoms with Crippen molar-refractivity contribution in [3.05, 3.63) is 23.8 Å². The number of anilines is 2. The van der Waals surface area contributed by atoms with E-state index in [0.717, 1.165) is 18.9 Å². The van der Waals surface area contributed by atoms with Gasteiger partial charge in [0.1, 0.15) is 11.7 Å². The third-order valence-corrected chi connectivity index (χ3v) is 3.44. The molecule has 1 atom stereocenters. The van der Waals surface area contributed by atoms with Crippen LogP contribution < -0.4 is 16.0 Å². The van der Waals surface area contributed by atoms with E-state index in [9.17, 15) is 13.6 Å². The summed E-state index contributed by atoms with van der Waals surface area (Å²) >= 11 is 0. The zero-order chi connectivity index (χ0) is 14.0. The molecule has 3 N–H and O–H groups in total. The molecule has 1 saturated heterocycles. The number of nitrogens with one attached hydrogen (secondary N) is 1. The third kappa shape index (κ3) is 2.47. The molecule has 0 aliphatic carbocycles. The number of halogens is 2. The average molecular weight is 269 g/mol. The molecule has 1 heterocycles. The second kappa shape index (κ2) is 5.42. The van der Waals surface area contributed by atoms with Crippen molar-refractivity contribution < 1.29 is 13.6 Å². The lowest BCUT2D eigenvalue weighted by Gasteiger charge is -2.37. The second-order valence-electron chi connectivity index (χ2n) is 4.62. The molecular weight excluding hydrogens is 252 g/mol. The standard InChI is InChI=1S/C13H17F2N3O/c1-17-13(19)10-4-2-3-7-18(10)12-9(16)6-5-8(14)11(12)15/h5-6,10H,2-4,7,16H2,1H3,(H,17,19). The van der Waals surface area contributed by atoms with E-state index in [2.05, 4.69) is 5.32 Å². The van der Waals surface area contributed by atoms with Gasteiger partial charge in [0.2, 0.25) is 5.91 Å². The summed E-state index contributed by atoms with van der Waals surface area (Å²) in [6.07, 6.45) is 2.31. The molecule has 0 radical (unpaired) electrons. The van der Waals surface area contributed by atoms with Crippen molar-refractivity contribution in [3.8, 4) is 0 Å². The van der Waals surface area contributed by atoms with Gasteiger partial charge in [-0.25, -0.2) is 8.78 Å². The minimum atomic E-state index is -0.990. The summed E-state index contributed by atoms with van der Waals surface area (Å²) in [4.78, 5) is 13.4. The topological polar surface area (TPSA) is 58.4 Å². The lowest BCUT2D eigenvalue weighted by molar-refractivity contribution is -0.122. The predicted molar refractivity (Wildman–Crippen MR) is 69.8 cm³/mol. The van der Waals surface area contributed by atoms with Gasteiger partial charge in [0.15, 0.2) is 11.6 Å². The van der Waals surface area contributed by atoms with Gasteiger partial charge in [-0.3, -0.25) is 4.79 Å². The zero-order valence-electron chi connectivity index (χ0n) is 10.7. The number of benzene rings is 1. The van der Waals surface area contributed by atoms with Crippen LogP contribution in [0.25, 0.3) is 0 Å². The minimum absolute atomic E-state index is 0.00620. The summed E-state index contributed by atoms with van der Waals surface area (Å²) < 4.78 is 27.3. The Bertz CT molecular complexity index is 493. The molecule has 1 amide bonds. The number of nitrogens with two attached hydrogens (primary N) is 1. The number of likely N-dealkylation sites (N-methyl/N-ethyl adjacent to an activating group) is 1. The van der Waals surface area contributed by atoms with Crippen LogP contribution in [-0.2, 0) is 4.79 Å². The van der Waals surface area contributed by atoms with E-state index in [1.54, 1.807) is 4.90 Å². The molecule has 4 nitrogen and oxygen atoms in total. The van der Waals surface area contributed by atoms with Gasteiger partial charge in [-0.1, -0.05) is 0 Å². The van der Waals surface area contributed by atoms with Gasteiger partial charge in [0.05, 0.1) is 5.69 Å². The summed E-state index contributed by atoms with van der Waals surface area (Å²) in [5.74, 6) is -2.15. The molecule has 6 heteroatoms. The highest BCUT2D eigenvalue weighted by Crippen LogP contribution is 2.33. The Labute approximate surface area is 110 Å². The second-order valence-corrected chi connectivity index (χ2v) is 4.62. The van der Waals surface area contributed by atoms with E-state index in [4.69, 9.17) is 5.73 Å². The number of nitrogen functional groups attached to an aromatic ring is 1. The number of carbonyl (C=O) groups excluding carboxylic acids is 1. The van der Waals surface area contributed by atoms with Crippen molar-refractivity contribution in [1.29, 1.82) is 0 Å². The van der Waals surface area contributed by atoms with Crippen molar-refractivity contribution >= 4 is 17.3 Å². The first kappa shape index (κ1) is 13.6. The largest absolute Gasteiger partial charge is 0.397 e. The number of rotatable bonds is 2. The van der Waals surface area contributed by atoms with Gasteiger partial charge in [0, 0.05) is 13.6 Å². The Morgan fingerprint density at radius 1 is 1.42 bits per heavy atom. The fourth-order valence-corrected chi connectivity index (χ4v) is 2.49. The van der Waals surface area contributed by atoms with Gasteiger partial charge in [-0.05, 0) is 31.4 Å². The Kier molecular flexibility index (Phi) is 3.87. The SMILES string of the molecule is CNC(=O)C1CCCCN1c1c(N)ccc(F)c1F. The lowest BCUT2D eigenvalue weighted by atomic mass is 10.00. The van der Waals surface area contributed by atoms with E-state index in [0.29, 0.717) is 13.0 Å². The maximum Gasteiger partial charge on any atom is 0.242 e. The van der Waals surface area contributed by atoms with E-state index in [-0.39, 0.29) is 17.3 Å². The summed E-state index contributed by atoms with van der Waals surface area (Å²) in [6.45, 7) is 0.489. The zero-order valence-corrected chi connectivity index (χ0v) is 10.7. The highest BCUT2D eigenvalue weighted by molar-refractivity contribution is 5.86. The molecule has 0 bridgehead atoms. The van der Waals surface area contributed by atoms with Crippen molar-refractivity contribution in [2.45, 2.75) is 25.3 Å². The van der Waals surface area contributed by atoms with Crippen LogP contribution in [0.3, 0.4) is 0 Å². The van der Waals surface area contributed by atoms with E-state index < -0.39 is 17.7 Å². The van der Waals surface area contributed by atoms with Crippen molar-refractivity contribution in [3.63, 3.8) is 0 Å². The molecule has 1 aliphatic rings. The number of carbonyl (C=O) groups is 1. The first-order valence-electron chi connectivity index (χ1n) is 6.28. The predicted octanol–water partition coefficient (Wildman–Crippen LogP) is 1.65. The van der Waals surface area contributed by atoms with E-state index in [1.165, 1.54) is 13.1 Å². The monoisotopic (exact) mass is 269 g/mol. The van der Waals surface area contributed by atoms with Crippen LogP contribution in [0.4, 0.5) is 20.2 Å². The highest BCUT2D eigenvalue weighted by atomic mass is 19.2. The van der Waals surface area contributed by atoms with Crippen molar-refractivity contribution in [2.75, 3.05) is 24.2 Å². The van der Waals surface area contributed by atoms with Crippen LogP contribution in [0.2, 0.25) is 0 Å². The van der Waals surface area contributed by atoms with E-state index in [1.807, 2.05) is 0 Å². The molecule has 2 rings (SSSR count). The van der Waals surface area contributed by atoms with Gasteiger partial charge in [-0.2, -0.15) is 0 Å². The highest BCUT2D eigenvalue weighted by Gasteiger charge is 2.31. The molecule has 0 aromatic heterocycles. The first-order valence-corrected chi connectivity index (χ1v) is 6.28. The van der Waals surface area contributed by atoms with Gasteiger partial charge >= 0.3 is 0 Å². The fraction of sp³-hybridized carbons (Fsp3) is 0.462. The van der Waals surface area contributed by atoms with Crippen LogP contribution >= 0.6 is 0 Å². The number of hydrogen-bond donors (Lipinski definition) is 2. The maximum atomic E-state index is 14.0. The normalized spacial score (nSPS) is 19.3. The maximum absolute atomic E-state index is 14.0. The molecule has 1 fully saturated rings. The first-order chi connectivity index (χ1) is 9.06. The fourth-order valence-electron chi connectivity index (χ4n) is 2.49. The summed E-state index contributed by atoms with van der Waals surface area (Å²) in [7, 11) is 1.53. The van der Waals surface area contributed by atoms with Crippen LogP contribution in [-0.4, -0.2) is 25.5 Å². The van der Waals surface area contributed by atoms with E-state index >= 15 is 0 Å². The molecule has 1 unspecified atom stereocenters. The molecule has 104 valence electrons. The molecule has 1 aromatic rings. The third-order valence-electron chi connectivity index (χ3n) is 3.44. The van der Waals surface area contributed by atoms with Crippen molar-refractivity contribution in [1.82, 2.24) is 5.32 Å². The molecule has 0 spiro atoms. The van der Waals surface area contributed by atoms with Gasteiger partial charge in [0.25, 0.3) is 0 Å². The minimum Gasteiger partial charge on any atom is -0.397 e. The quantitative estimate of drug-likeness (QED) is 0.803. The molecule has 1 aliphatic heterocycles. The number of amides is 1. The van der Waals surface area contributed by atoms with Gasteiger partial charge in [-0.15, -0.1) is 0 Å². The lowest BCUT2D eigenvalue weighted by Crippen LogP contribution is -2.49. The summed E-state index contributed by atoms with van der Waals surface area (Å²) in [5.41, 5.74) is 5.89. The summed E-state index contributed by atoms with van der Waals surface area (Å²) in [5, 5.41) is 2.55. The smallest absolute Gasteiger partial charge is 0.242 e. The van der Waals surface area contributed by atoms with Gasteiger partial charge < -0.3 is 16.0 Å². The molecular formula is C13H17F2N3O. The van der Waals surface area contributed by atoms with Crippen LogP contribution in [0, 0.1) is 11.6 Å². The average Bonchev–Trinajstić information content (AvgIpc) is 2.43. The Balaban J connectivity index is 2.43. The molecule has 0 saturated carbocycles. The van der Waals surface area contributed by atoms with Crippen LogP contribution in [0.5, 0.6) is 0 Å². The van der Waals surface area contributed by atoms with Crippen molar-refractivity contribution in [2.24, 2.45) is 0 Å². The number of nitrogens with zero attached hydrogens (tertiary/aromatic N) is 1. The summed E-state index contributed by atoms with van der Waals surface area (Å²) in [6, 6.07) is 1.81. The molecule has 1 aromatic carbocycles. The Morgan fingerprint density at radius 2 is 2.16 bits per heavy atom. The Morgan fingerprint density at radius 3 is 2.84 bits per heavy atom. The number of piperidine rings is 1. The van der Waals surface area contributed by atoms with Crippen LogP contribution in [0.15, 0.2) is 12.1 Å².